The van der Waals surface area contributed by atoms with Gasteiger partial charge in [-0.25, -0.2) is 9.98 Å². The molecule has 0 saturated carbocycles. The van der Waals surface area contributed by atoms with Crippen molar-refractivity contribution in [2.75, 3.05) is 4.90 Å². The largest absolute Gasteiger partial charge is 0.450 e. The van der Waals surface area contributed by atoms with Crippen LogP contribution in [0.1, 0.15) is 45.1 Å². The highest BCUT2D eigenvalue weighted by molar-refractivity contribution is 6.06. The van der Waals surface area contributed by atoms with Crippen molar-refractivity contribution in [1.29, 1.82) is 0 Å². The summed E-state index contributed by atoms with van der Waals surface area (Å²) in [5, 5.41) is 0. The van der Waals surface area contributed by atoms with Gasteiger partial charge >= 0.3 is 6.18 Å². The molecule has 0 unspecified atom stereocenters. The molecular formula is C20H22F3N3. The Labute approximate surface area is 151 Å². The van der Waals surface area contributed by atoms with Crippen molar-refractivity contribution in [3.63, 3.8) is 0 Å². The first kappa shape index (κ1) is 18.4. The number of nitrogens with zero attached hydrogens (tertiary/aromatic N) is 3. The quantitative estimate of drug-likeness (QED) is 0.661. The van der Waals surface area contributed by atoms with Crippen molar-refractivity contribution in [3.8, 4) is 0 Å². The number of hydrogen-bond donors (Lipinski definition) is 0. The number of aliphatic imine (C=N–C) groups is 1. The molecule has 0 amide bonds. The molecule has 1 aliphatic heterocycles. The molecule has 3 nitrogen and oxygen atoms in total. The Bertz CT molecular complexity index is 827. The van der Waals surface area contributed by atoms with Crippen LogP contribution in [-0.4, -0.2) is 17.0 Å². The van der Waals surface area contributed by atoms with Gasteiger partial charge in [0.15, 0.2) is 0 Å². The van der Waals surface area contributed by atoms with Crippen LogP contribution in [0.5, 0.6) is 0 Å². The molecule has 138 valence electrons. The molecule has 26 heavy (non-hydrogen) atoms. The average molecular weight is 361 g/mol. The SMILES string of the molecule is C=C1C(C2=C(C)CCCC2)=C(C)N=C(C(F)(F)F)N1c1ccc(C)cn1. The normalized spacial score (nSPS) is 19.2. The maximum absolute atomic E-state index is 13.7. The van der Waals surface area contributed by atoms with Crippen LogP contribution in [0.3, 0.4) is 0 Å². The fourth-order valence-corrected chi connectivity index (χ4v) is 3.53. The number of alkyl halides is 3. The van der Waals surface area contributed by atoms with Gasteiger partial charge in [-0.1, -0.05) is 18.2 Å². The van der Waals surface area contributed by atoms with Gasteiger partial charge in [0, 0.05) is 17.5 Å². The second-order valence-electron chi connectivity index (χ2n) is 6.84. The van der Waals surface area contributed by atoms with Gasteiger partial charge in [-0.05, 0) is 63.7 Å². The average Bonchev–Trinajstić information content (AvgIpc) is 2.56. The highest BCUT2D eigenvalue weighted by Gasteiger charge is 2.45. The predicted molar refractivity (Wildman–Crippen MR) is 98.0 cm³/mol. The van der Waals surface area contributed by atoms with Crippen molar-refractivity contribution in [2.45, 2.75) is 52.6 Å². The summed E-state index contributed by atoms with van der Waals surface area (Å²) in [5.74, 6) is -0.815. The monoisotopic (exact) mass is 361 g/mol. The highest BCUT2D eigenvalue weighted by Crippen LogP contribution is 2.41. The molecule has 0 spiro atoms. The molecule has 0 aromatic carbocycles. The van der Waals surface area contributed by atoms with E-state index in [9.17, 15) is 13.2 Å². The molecule has 6 heteroatoms. The summed E-state index contributed by atoms with van der Waals surface area (Å²) in [7, 11) is 0. The number of allylic oxidation sites excluding steroid dienone is 3. The van der Waals surface area contributed by atoms with Crippen molar-refractivity contribution in [3.05, 3.63) is 58.6 Å². The minimum absolute atomic E-state index is 0.177. The maximum Gasteiger partial charge on any atom is 0.450 e. The number of halogens is 3. The van der Waals surface area contributed by atoms with E-state index >= 15 is 0 Å². The Kier molecular flexibility index (Phi) is 4.78. The zero-order valence-electron chi connectivity index (χ0n) is 15.2. The van der Waals surface area contributed by atoms with Gasteiger partial charge in [0.2, 0.25) is 5.84 Å². The standard InChI is InChI=1S/C20H22F3N3/c1-12-9-10-17(24-11-12)26-15(4)18(16-8-6-5-7-13(16)2)14(3)25-19(26)20(21,22)23/h9-11H,4-8H2,1-3H3. The van der Waals surface area contributed by atoms with Crippen LogP contribution in [0.2, 0.25) is 0 Å². The van der Waals surface area contributed by atoms with Crippen molar-refractivity contribution in [2.24, 2.45) is 4.99 Å². The van der Waals surface area contributed by atoms with Crippen molar-refractivity contribution < 1.29 is 13.2 Å². The molecule has 1 aromatic heterocycles. The number of amidine groups is 1. The van der Waals surface area contributed by atoms with Crippen molar-refractivity contribution in [1.82, 2.24) is 4.98 Å². The van der Waals surface area contributed by atoms with E-state index in [1.165, 1.54) is 5.57 Å². The number of anilines is 1. The summed E-state index contributed by atoms with van der Waals surface area (Å²) >= 11 is 0. The smallest absolute Gasteiger partial charge is 0.275 e. The first-order chi connectivity index (χ1) is 12.2. The molecular weight excluding hydrogens is 339 g/mol. The summed E-state index contributed by atoms with van der Waals surface area (Å²) in [6, 6.07) is 3.31. The van der Waals surface area contributed by atoms with Crippen LogP contribution in [0, 0.1) is 6.92 Å². The fraction of sp³-hybridized carbons (Fsp3) is 0.400. The molecule has 0 bridgehead atoms. The van der Waals surface area contributed by atoms with Crippen molar-refractivity contribution >= 4 is 11.7 Å². The lowest BCUT2D eigenvalue weighted by Gasteiger charge is -2.35. The second-order valence-corrected chi connectivity index (χ2v) is 6.84. The number of aromatic nitrogens is 1. The third-order valence-electron chi connectivity index (χ3n) is 4.83. The molecule has 2 aliphatic rings. The lowest BCUT2D eigenvalue weighted by Crippen LogP contribution is -2.43. The summed E-state index contributed by atoms with van der Waals surface area (Å²) in [6.07, 6.45) is 0.871. The first-order valence-corrected chi connectivity index (χ1v) is 8.68. The van der Waals surface area contributed by atoms with Gasteiger partial charge in [0.25, 0.3) is 0 Å². The maximum atomic E-state index is 13.7. The zero-order chi connectivity index (χ0) is 19.1. The zero-order valence-corrected chi connectivity index (χ0v) is 15.2. The van der Waals surface area contributed by atoms with E-state index in [-0.39, 0.29) is 11.5 Å². The fourth-order valence-electron chi connectivity index (χ4n) is 3.53. The molecule has 0 N–H and O–H groups in total. The molecule has 2 heterocycles. The Morgan fingerprint density at radius 3 is 2.35 bits per heavy atom. The Balaban J connectivity index is 2.17. The van der Waals surface area contributed by atoms with E-state index in [0.717, 1.165) is 47.3 Å². The lowest BCUT2D eigenvalue weighted by molar-refractivity contribution is -0.0600. The van der Waals surface area contributed by atoms with E-state index in [2.05, 4.69) is 16.6 Å². The van der Waals surface area contributed by atoms with Gasteiger partial charge in [-0.3, -0.25) is 4.90 Å². The van der Waals surface area contributed by atoms with Gasteiger partial charge < -0.3 is 0 Å². The molecule has 3 rings (SSSR count). The minimum Gasteiger partial charge on any atom is -0.275 e. The van der Waals surface area contributed by atoms with Gasteiger partial charge in [-0.15, -0.1) is 0 Å². The number of hydrogen-bond acceptors (Lipinski definition) is 3. The molecule has 0 fully saturated rings. The predicted octanol–water partition coefficient (Wildman–Crippen LogP) is 5.85. The van der Waals surface area contributed by atoms with Crippen LogP contribution < -0.4 is 4.90 Å². The van der Waals surface area contributed by atoms with Crippen LogP contribution in [0.4, 0.5) is 19.0 Å². The Morgan fingerprint density at radius 2 is 1.77 bits per heavy atom. The third kappa shape index (κ3) is 3.32. The number of aryl methyl sites for hydroxylation is 1. The Hall–Kier alpha value is -2.37. The molecule has 0 saturated heterocycles. The molecule has 0 radical (unpaired) electrons. The molecule has 1 aliphatic carbocycles. The summed E-state index contributed by atoms with van der Waals surface area (Å²) in [4.78, 5) is 9.16. The lowest BCUT2D eigenvalue weighted by atomic mass is 9.85. The van der Waals surface area contributed by atoms with Crippen LogP contribution in [-0.2, 0) is 0 Å². The van der Waals surface area contributed by atoms with Crippen LogP contribution >= 0.6 is 0 Å². The Morgan fingerprint density at radius 1 is 1.08 bits per heavy atom. The molecule has 0 atom stereocenters. The van der Waals surface area contributed by atoms with Crippen LogP contribution in [0.25, 0.3) is 0 Å². The summed E-state index contributed by atoms with van der Waals surface area (Å²) < 4.78 is 41.0. The topological polar surface area (TPSA) is 28.5 Å². The number of pyridine rings is 1. The molecule has 1 aromatic rings. The second kappa shape index (κ2) is 6.74. The van der Waals surface area contributed by atoms with Gasteiger partial charge in [0.1, 0.15) is 5.82 Å². The third-order valence-corrected chi connectivity index (χ3v) is 4.83. The van der Waals surface area contributed by atoms with E-state index < -0.39 is 12.0 Å². The van der Waals surface area contributed by atoms with Gasteiger partial charge in [-0.2, -0.15) is 13.2 Å². The summed E-state index contributed by atoms with van der Waals surface area (Å²) in [6.45, 7) is 9.52. The van der Waals surface area contributed by atoms with E-state index in [0.29, 0.717) is 5.70 Å². The van der Waals surface area contributed by atoms with E-state index in [1.807, 2.05) is 13.8 Å². The highest BCUT2D eigenvalue weighted by atomic mass is 19.4. The first-order valence-electron chi connectivity index (χ1n) is 8.68. The van der Waals surface area contributed by atoms with E-state index in [4.69, 9.17) is 0 Å². The number of rotatable bonds is 2. The van der Waals surface area contributed by atoms with Gasteiger partial charge in [0.05, 0.1) is 5.70 Å². The van der Waals surface area contributed by atoms with Crippen LogP contribution in [0.15, 0.2) is 58.0 Å². The summed E-state index contributed by atoms with van der Waals surface area (Å²) in [5.41, 5.74) is 4.52. The van der Waals surface area contributed by atoms with E-state index in [1.54, 1.807) is 25.3 Å². The minimum atomic E-state index is -4.60.